The van der Waals surface area contributed by atoms with Crippen molar-refractivity contribution in [2.24, 2.45) is 5.73 Å². The van der Waals surface area contributed by atoms with Crippen molar-refractivity contribution in [2.45, 2.75) is 83.3 Å². The third kappa shape index (κ3) is 7.54. The Morgan fingerprint density at radius 2 is 2.02 bits per heavy atom. The molecule has 0 spiro atoms. The van der Waals surface area contributed by atoms with Crippen molar-refractivity contribution in [2.75, 3.05) is 6.54 Å². The number of halogens is 3. The molecule has 0 bridgehead atoms. The first-order valence-corrected chi connectivity index (χ1v) is 15.7. The largest absolute Gasteiger partial charge is 0.374 e. The molecule has 0 aliphatic carbocycles. The third-order valence-electron chi connectivity index (χ3n) is 8.26. The van der Waals surface area contributed by atoms with Gasteiger partial charge in [-0.05, 0) is 88.3 Å². The molecule has 1 aliphatic heterocycles. The number of benzene rings is 2. The van der Waals surface area contributed by atoms with Crippen molar-refractivity contribution >= 4 is 28.5 Å². The molecule has 1 aliphatic rings. The van der Waals surface area contributed by atoms with Gasteiger partial charge in [-0.3, -0.25) is 9.98 Å². The van der Waals surface area contributed by atoms with E-state index in [9.17, 15) is 4.79 Å². The van der Waals surface area contributed by atoms with Crippen LogP contribution in [0, 0.1) is 17.0 Å². The smallest absolute Gasteiger partial charge is 0.354 e. The average molecular weight is 624 g/mol. The van der Waals surface area contributed by atoms with Gasteiger partial charge in [0.25, 0.3) is 0 Å². The molecule has 0 amide bonds. The van der Waals surface area contributed by atoms with E-state index in [0.717, 1.165) is 50.5 Å². The first-order valence-electron chi connectivity index (χ1n) is 15.3. The van der Waals surface area contributed by atoms with Crippen molar-refractivity contribution in [3.63, 3.8) is 0 Å². The number of nitrogens with two attached hydrogens (primary N) is 1. The highest BCUT2D eigenvalue weighted by molar-refractivity contribution is 6.31. The van der Waals surface area contributed by atoms with Crippen molar-refractivity contribution in [3.05, 3.63) is 80.9 Å². The van der Waals surface area contributed by atoms with Gasteiger partial charge in [-0.25, -0.2) is 13.6 Å². The van der Waals surface area contributed by atoms with Gasteiger partial charge in [-0.15, -0.1) is 0 Å². The number of nitrogens with zero attached hydrogens (tertiary/aromatic N) is 2. The number of fused-ring (bicyclic) bond motifs is 1. The summed E-state index contributed by atoms with van der Waals surface area (Å²) in [5.41, 5.74) is 8.14. The summed E-state index contributed by atoms with van der Waals surface area (Å²) in [7, 11) is 0. The van der Waals surface area contributed by atoms with Gasteiger partial charge in [0.1, 0.15) is 11.5 Å². The number of aromatic amines is 1. The molecule has 3 atom stereocenters. The summed E-state index contributed by atoms with van der Waals surface area (Å²) in [5.74, 6) is -0.518. The van der Waals surface area contributed by atoms with Crippen molar-refractivity contribution in [3.8, 4) is 16.9 Å². The molecule has 8 nitrogen and oxygen atoms in total. The fraction of sp³-hybridized carbons (Fsp3) is 0.424. The minimum Gasteiger partial charge on any atom is -0.374 e. The van der Waals surface area contributed by atoms with Crippen LogP contribution in [0.3, 0.4) is 0 Å². The maximum atomic E-state index is 15.6. The van der Waals surface area contributed by atoms with Gasteiger partial charge in [-0.1, -0.05) is 30.5 Å². The average Bonchev–Trinajstić information content (AvgIpc) is 3.23. The number of amidine groups is 1. The summed E-state index contributed by atoms with van der Waals surface area (Å²) in [6.45, 7) is 4.36. The maximum absolute atomic E-state index is 15.6. The molecular formula is C33H40ClF2N7O. The lowest BCUT2D eigenvalue weighted by Gasteiger charge is -2.24. The highest BCUT2D eigenvalue weighted by Crippen LogP contribution is 2.32. The topological polar surface area (TPSA) is 125 Å². The zero-order chi connectivity index (χ0) is 31.4. The Kier molecular flexibility index (Phi) is 10.1. The van der Waals surface area contributed by atoms with E-state index in [1.165, 1.54) is 10.6 Å². The summed E-state index contributed by atoms with van der Waals surface area (Å²) >= 11 is 6.24. The molecule has 3 heterocycles. The monoisotopic (exact) mass is 623 g/mol. The normalized spacial score (nSPS) is 17.9. The molecule has 4 aromatic rings. The highest BCUT2D eigenvalue weighted by Gasteiger charge is 2.23. The van der Waals surface area contributed by atoms with E-state index in [1.54, 1.807) is 43.5 Å². The number of H-pyrrole nitrogens is 1. The van der Waals surface area contributed by atoms with E-state index in [-0.39, 0.29) is 23.1 Å². The second-order valence-corrected chi connectivity index (χ2v) is 12.3. The summed E-state index contributed by atoms with van der Waals surface area (Å²) in [4.78, 5) is 20.3. The van der Waals surface area contributed by atoms with Gasteiger partial charge in [0.2, 0.25) is 0 Å². The van der Waals surface area contributed by atoms with Crippen LogP contribution in [0.25, 0.3) is 28.0 Å². The Hall–Kier alpha value is -3.60. The highest BCUT2D eigenvalue weighted by atomic mass is 35.5. The van der Waals surface area contributed by atoms with Crippen molar-refractivity contribution in [1.82, 2.24) is 25.2 Å². The molecule has 5 rings (SSSR count). The third-order valence-corrected chi connectivity index (χ3v) is 8.54. The van der Waals surface area contributed by atoms with Crippen LogP contribution in [0.4, 0.5) is 8.78 Å². The van der Waals surface area contributed by atoms with E-state index >= 15 is 8.78 Å². The standard InChI is InChI=1S/C33H40ClF2N7O/c1-19(37)6-5-7-21-14-26(31(36)27(34)15-21)30-16-22-18-43(33(44)42-32(22)41-30)24-10-11-25(28(35)17-24)29-9-4-3-8-23(40-29)12-13-39-20(2)38/h10-11,14-19,23,29,40H,3-9,12-13,37H2,1-2H3,(H2,38,39)(H,41,42,44)/t19-,23-,29-/m0/s1. The van der Waals surface area contributed by atoms with E-state index < -0.39 is 17.3 Å². The van der Waals surface area contributed by atoms with Crippen LogP contribution >= 0.6 is 11.6 Å². The van der Waals surface area contributed by atoms with E-state index in [4.69, 9.17) is 22.7 Å². The molecule has 11 heteroatoms. The van der Waals surface area contributed by atoms with E-state index in [2.05, 4.69) is 20.6 Å². The second-order valence-electron chi connectivity index (χ2n) is 11.9. The fourth-order valence-corrected chi connectivity index (χ4v) is 6.23. The lowest BCUT2D eigenvalue weighted by Crippen LogP contribution is -2.35. The van der Waals surface area contributed by atoms with Gasteiger partial charge in [0.15, 0.2) is 5.82 Å². The SMILES string of the molecule is CC(=N)NCC[C@@H]1CCCC[C@@H](c2ccc(-n3cc4cc(-c5cc(CCC[C@H](C)N)cc(Cl)c5F)[nH]c4nc3=O)cc2F)N1. The molecule has 1 fully saturated rings. The number of aromatic nitrogens is 3. The summed E-state index contributed by atoms with van der Waals surface area (Å²) in [5, 5.41) is 14.8. The molecule has 1 saturated heterocycles. The van der Waals surface area contributed by atoms with Crippen LogP contribution in [-0.4, -0.2) is 39.0 Å². The number of hydrogen-bond donors (Lipinski definition) is 5. The Morgan fingerprint density at radius 3 is 2.77 bits per heavy atom. The first kappa shape index (κ1) is 31.8. The van der Waals surface area contributed by atoms with Gasteiger partial charge in [-0.2, -0.15) is 4.98 Å². The Bertz CT molecular complexity index is 1700. The van der Waals surface area contributed by atoms with Crippen molar-refractivity contribution < 1.29 is 8.78 Å². The minimum atomic E-state index is -0.581. The number of nitrogens with one attached hydrogen (secondary N) is 4. The molecule has 2 aromatic heterocycles. The second kappa shape index (κ2) is 14.0. The van der Waals surface area contributed by atoms with Gasteiger partial charge in [0, 0.05) is 47.4 Å². The van der Waals surface area contributed by atoms with Crippen LogP contribution in [0.15, 0.2) is 47.4 Å². The zero-order valence-electron chi connectivity index (χ0n) is 25.2. The predicted molar refractivity (Wildman–Crippen MR) is 173 cm³/mol. The number of aryl methyl sites for hydroxylation is 1. The fourth-order valence-electron chi connectivity index (χ4n) is 5.98. The predicted octanol–water partition coefficient (Wildman–Crippen LogP) is 6.53. The lowest BCUT2D eigenvalue weighted by molar-refractivity contribution is 0.408. The van der Waals surface area contributed by atoms with E-state index in [1.807, 2.05) is 6.92 Å². The maximum Gasteiger partial charge on any atom is 0.354 e. The van der Waals surface area contributed by atoms with Crippen LogP contribution in [0.2, 0.25) is 5.02 Å². The summed E-state index contributed by atoms with van der Waals surface area (Å²) < 4.78 is 32.0. The molecule has 2 aromatic carbocycles. The minimum absolute atomic E-state index is 0.0210. The van der Waals surface area contributed by atoms with Crippen LogP contribution in [0.5, 0.6) is 0 Å². The quantitative estimate of drug-likeness (QED) is 0.101. The number of hydrogen-bond acceptors (Lipinski definition) is 5. The molecule has 234 valence electrons. The lowest BCUT2D eigenvalue weighted by atomic mass is 10.0. The Balaban J connectivity index is 1.39. The van der Waals surface area contributed by atoms with Crippen molar-refractivity contribution in [1.29, 1.82) is 5.41 Å². The molecule has 0 unspecified atom stereocenters. The Labute approximate surface area is 260 Å². The summed E-state index contributed by atoms with van der Waals surface area (Å²) in [6, 6.07) is 10.1. The summed E-state index contributed by atoms with van der Waals surface area (Å²) in [6.07, 6.45) is 8.70. The van der Waals surface area contributed by atoms with Gasteiger partial charge in [0.05, 0.1) is 22.2 Å². The van der Waals surface area contributed by atoms with E-state index in [0.29, 0.717) is 52.3 Å². The van der Waals surface area contributed by atoms with Gasteiger partial charge < -0.3 is 21.4 Å². The molecule has 0 radical (unpaired) electrons. The number of rotatable bonds is 10. The van der Waals surface area contributed by atoms with Crippen LogP contribution in [-0.2, 0) is 6.42 Å². The van der Waals surface area contributed by atoms with Crippen LogP contribution in [0.1, 0.15) is 76.0 Å². The zero-order valence-corrected chi connectivity index (χ0v) is 25.9. The molecular weight excluding hydrogens is 584 g/mol. The van der Waals surface area contributed by atoms with Crippen LogP contribution < -0.4 is 22.1 Å². The molecule has 44 heavy (non-hydrogen) atoms. The molecule has 0 saturated carbocycles. The Morgan fingerprint density at radius 1 is 1.23 bits per heavy atom. The van der Waals surface area contributed by atoms with Gasteiger partial charge >= 0.3 is 5.69 Å². The molecule has 6 N–H and O–H groups in total. The first-order chi connectivity index (χ1) is 21.1.